The maximum Gasteiger partial charge on any atom is 0.164 e. The lowest BCUT2D eigenvalue weighted by molar-refractivity contribution is 0.396. The van der Waals surface area contributed by atoms with E-state index in [2.05, 4.69) is 0 Å². The van der Waals surface area contributed by atoms with Gasteiger partial charge in [-0.3, -0.25) is 0 Å². The van der Waals surface area contributed by atoms with Crippen LogP contribution in [-0.4, -0.2) is 14.2 Å². The third-order valence-electron chi connectivity index (χ3n) is 3.41. The van der Waals surface area contributed by atoms with Crippen LogP contribution in [0.15, 0.2) is 30.3 Å². The lowest BCUT2D eigenvalue weighted by Crippen LogP contribution is -2.16. The minimum Gasteiger partial charge on any atom is -0.497 e. The fourth-order valence-corrected chi connectivity index (χ4v) is 2.15. The number of benzene rings is 2. The summed E-state index contributed by atoms with van der Waals surface area (Å²) in [4.78, 5) is 0. The van der Waals surface area contributed by atoms with Gasteiger partial charge in [0.2, 0.25) is 0 Å². The van der Waals surface area contributed by atoms with Crippen molar-refractivity contribution in [2.75, 3.05) is 14.2 Å². The third-order valence-corrected chi connectivity index (χ3v) is 3.41. The third kappa shape index (κ3) is 2.83. The van der Waals surface area contributed by atoms with Crippen LogP contribution < -0.4 is 15.2 Å². The second-order valence-corrected chi connectivity index (χ2v) is 4.69. The first kappa shape index (κ1) is 15.3. The Bertz CT molecular complexity index is 659. The number of halogens is 2. The van der Waals surface area contributed by atoms with Crippen molar-refractivity contribution in [1.82, 2.24) is 0 Å². The number of hydrogen-bond acceptors (Lipinski definition) is 3. The van der Waals surface area contributed by atoms with Crippen LogP contribution in [0, 0.1) is 18.6 Å². The highest BCUT2D eigenvalue weighted by atomic mass is 19.2. The van der Waals surface area contributed by atoms with Gasteiger partial charge < -0.3 is 15.2 Å². The normalized spacial score (nSPS) is 12.1. The van der Waals surface area contributed by atoms with E-state index in [1.54, 1.807) is 18.2 Å². The van der Waals surface area contributed by atoms with Crippen LogP contribution in [0.25, 0.3) is 0 Å². The summed E-state index contributed by atoms with van der Waals surface area (Å²) in [6.45, 7) is 1.50. The topological polar surface area (TPSA) is 44.5 Å². The molecular formula is C16H17F2NO2. The molecule has 5 heteroatoms. The van der Waals surface area contributed by atoms with E-state index in [0.29, 0.717) is 17.1 Å². The van der Waals surface area contributed by atoms with Gasteiger partial charge in [0.25, 0.3) is 0 Å². The highest BCUT2D eigenvalue weighted by molar-refractivity contribution is 5.46. The molecule has 1 unspecified atom stereocenters. The first-order valence-electron chi connectivity index (χ1n) is 6.41. The van der Waals surface area contributed by atoms with Gasteiger partial charge in [-0.1, -0.05) is 12.1 Å². The largest absolute Gasteiger partial charge is 0.497 e. The molecule has 0 aliphatic heterocycles. The van der Waals surface area contributed by atoms with Gasteiger partial charge in [0.15, 0.2) is 11.6 Å². The standard InChI is InChI=1S/C16H17F2NO2/c1-9-4-6-11(15(18)14(9)17)16(19)12-8-10(20-2)5-7-13(12)21-3/h4-8,16H,19H2,1-3H3. The summed E-state index contributed by atoms with van der Waals surface area (Å²) < 4.78 is 38.2. The molecule has 0 aliphatic rings. The predicted octanol–water partition coefficient (Wildman–Crippen LogP) is 3.34. The molecule has 0 aromatic heterocycles. The fourth-order valence-electron chi connectivity index (χ4n) is 2.15. The number of nitrogens with two attached hydrogens (primary N) is 1. The smallest absolute Gasteiger partial charge is 0.164 e. The maximum absolute atomic E-state index is 14.1. The second kappa shape index (κ2) is 6.10. The molecule has 0 heterocycles. The van der Waals surface area contributed by atoms with Crippen LogP contribution in [0.2, 0.25) is 0 Å². The van der Waals surface area contributed by atoms with Crippen LogP contribution in [0.5, 0.6) is 11.5 Å². The fraction of sp³-hybridized carbons (Fsp3) is 0.250. The van der Waals surface area contributed by atoms with E-state index in [1.807, 2.05) is 0 Å². The van der Waals surface area contributed by atoms with E-state index in [9.17, 15) is 8.78 Å². The van der Waals surface area contributed by atoms with Crippen molar-refractivity contribution in [2.45, 2.75) is 13.0 Å². The summed E-state index contributed by atoms with van der Waals surface area (Å²) in [6.07, 6.45) is 0. The van der Waals surface area contributed by atoms with Crippen molar-refractivity contribution in [2.24, 2.45) is 5.73 Å². The van der Waals surface area contributed by atoms with Gasteiger partial charge in [-0.25, -0.2) is 8.78 Å². The van der Waals surface area contributed by atoms with Gasteiger partial charge in [-0.2, -0.15) is 0 Å². The molecule has 0 radical (unpaired) electrons. The number of aryl methyl sites for hydroxylation is 1. The predicted molar refractivity (Wildman–Crippen MR) is 76.7 cm³/mol. The summed E-state index contributed by atoms with van der Waals surface area (Å²) in [7, 11) is 3.01. The highest BCUT2D eigenvalue weighted by Gasteiger charge is 2.21. The average Bonchev–Trinajstić information content (AvgIpc) is 2.51. The van der Waals surface area contributed by atoms with E-state index in [4.69, 9.17) is 15.2 Å². The molecule has 2 aromatic rings. The zero-order chi connectivity index (χ0) is 15.6. The molecule has 112 valence electrons. The van der Waals surface area contributed by atoms with Crippen molar-refractivity contribution in [3.05, 3.63) is 58.7 Å². The van der Waals surface area contributed by atoms with E-state index < -0.39 is 17.7 Å². The molecule has 0 saturated heterocycles. The minimum atomic E-state index is -0.938. The molecule has 0 spiro atoms. The molecule has 2 N–H and O–H groups in total. The summed E-state index contributed by atoms with van der Waals surface area (Å²) in [5.41, 5.74) is 6.93. The molecule has 0 amide bonds. The van der Waals surface area contributed by atoms with E-state index in [-0.39, 0.29) is 11.1 Å². The zero-order valence-electron chi connectivity index (χ0n) is 12.1. The van der Waals surface area contributed by atoms with Crippen molar-refractivity contribution in [1.29, 1.82) is 0 Å². The van der Waals surface area contributed by atoms with Crippen LogP contribution in [0.1, 0.15) is 22.7 Å². The Morgan fingerprint density at radius 1 is 0.952 bits per heavy atom. The Morgan fingerprint density at radius 3 is 2.29 bits per heavy atom. The Hall–Kier alpha value is -2.14. The van der Waals surface area contributed by atoms with Gasteiger partial charge in [0.1, 0.15) is 11.5 Å². The molecule has 2 aromatic carbocycles. The Balaban J connectivity index is 2.54. The average molecular weight is 293 g/mol. The lowest BCUT2D eigenvalue weighted by atomic mass is 9.96. The molecule has 21 heavy (non-hydrogen) atoms. The minimum absolute atomic E-state index is 0.0738. The SMILES string of the molecule is COc1ccc(OC)c(C(N)c2ccc(C)c(F)c2F)c1. The van der Waals surface area contributed by atoms with Gasteiger partial charge in [-0.15, -0.1) is 0 Å². The van der Waals surface area contributed by atoms with Crippen molar-refractivity contribution >= 4 is 0 Å². The van der Waals surface area contributed by atoms with Crippen LogP contribution in [0.3, 0.4) is 0 Å². The van der Waals surface area contributed by atoms with Crippen molar-refractivity contribution in [3.63, 3.8) is 0 Å². The molecular weight excluding hydrogens is 276 g/mol. The number of rotatable bonds is 4. The van der Waals surface area contributed by atoms with Crippen LogP contribution >= 0.6 is 0 Å². The van der Waals surface area contributed by atoms with Gasteiger partial charge in [0.05, 0.1) is 20.3 Å². The molecule has 2 rings (SSSR count). The maximum atomic E-state index is 14.1. The summed E-state index contributed by atoms with van der Waals surface area (Å²) in [5.74, 6) is -0.768. The van der Waals surface area contributed by atoms with E-state index in [1.165, 1.54) is 33.3 Å². The van der Waals surface area contributed by atoms with Crippen LogP contribution in [-0.2, 0) is 0 Å². The van der Waals surface area contributed by atoms with Crippen LogP contribution in [0.4, 0.5) is 8.78 Å². The number of hydrogen-bond donors (Lipinski definition) is 1. The molecule has 3 nitrogen and oxygen atoms in total. The highest BCUT2D eigenvalue weighted by Crippen LogP contribution is 2.33. The van der Waals surface area contributed by atoms with Crippen molar-refractivity contribution in [3.8, 4) is 11.5 Å². The van der Waals surface area contributed by atoms with Gasteiger partial charge >= 0.3 is 0 Å². The first-order valence-corrected chi connectivity index (χ1v) is 6.41. The summed E-state index contributed by atoms with van der Waals surface area (Å²) >= 11 is 0. The number of methoxy groups -OCH3 is 2. The molecule has 1 atom stereocenters. The molecule has 0 fully saturated rings. The van der Waals surface area contributed by atoms with E-state index >= 15 is 0 Å². The Labute approximate surface area is 122 Å². The first-order chi connectivity index (χ1) is 9.99. The Morgan fingerprint density at radius 2 is 1.67 bits per heavy atom. The number of ether oxygens (including phenoxy) is 2. The van der Waals surface area contributed by atoms with Gasteiger partial charge in [-0.05, 0) is 30.7 Å². The lowest BCUT2D eigenvalue weighted by Gasteiger charge is -2.18. The summed E-state index contributed by atoms with van der Waals surface area (Å²) in [5, 5.41) is 0. The molecule has 0 saturated carbocycles. The van der Waals surface area contributed by atoms with E-state index in [0.717, 1.165) is 0 Å². The second-order valence-electron chi connectivity index (χ2n) is 4.69. The monoisotopic (exact) mass is 293 g/mol. The van der Waals surface area contributed by atoms with Crippen molar-refractivity contribution < 1.29 is 18.3 Å². The Kier molecular flexibility index (Phi) is 4.43. The zero-order valence-corrected chi connectivity index (χ0v) is 12.1. The quantitative estimate of drug-likeness (QED) is 0.940. The van der Waals surface area contributed by atoms with Gasteiger partial charge in [0, 0.05) is 11.1 Å². The molecule has 0 bridgehead atoms. The summed E-state index contributed by atoms with van der Waals surface area (Å²) in [6, 6.07) is 7.17. The molecule has 0 aliphatic carbocycles.